The zero-order valence-corrected chi connectivity index (χ0v) is 21.8. The molecule has 1 aliphatic heterocycles. The van der Waals surface area contributed by atoms with E-state index >= 15 is 0 Å². The minimum Gasteiger partial charge on any atom is -0.481 e. The lowest BCUT2D eigenvalue weighted by Gasteiger charge is -2.33. The SMILES string of the molecule is CC(C)[C@H](NC(=O)OCc1ccccc1)c1cccc(OC2(C(=O)N(C)[C@@H](CC(=O)O)C(=O)O)CC=NO2)c1. The van der Waals surface area contributed by atoms with E-state index in [0.717, 1.165) is 17.5 Å². The normalized spacial score (nSPS) is 17.5. The Hall–Kier alpha value is -4.61. The Balaban J connectivity index is 1.77. The Kier molecular flexibility index (Phi) is 9.47. The Morgan fingerprint density at radius 1 is 1.10 bits per heavy atom. The fourth-order valence-corrected chi connectivity index (χ4v) is 4.00. The standard InChI is InChI=1S/C27H31N3O9/c1-17(2)23(29-26(36)37-16-18-8-5-4-6-9-18)19-10-7-11-20(14-19)38-27(12-13-28-39-27)25(35)30(3)21(24(33)34)15-22(31)32/h4-11,13-14,17,21,23H,12,15-16H2,1-3H3,(H,29,36)(H,31,32)(H,33,34)/t21-,23-,27?/m0/s1. The summed E-state index contributed by atoms with van der Waals surface area (Å²) in [6.07, 6.45) is -0.268. The van der Waals surface area contributed by atoms with Crippen LogP contribution in [-0.2, 0) is 30.6 Å². The highest BCUT2D eigenvalue weighted by Crippen LogP contribution is 2.32. The van der Waals surface area contributed by atoms with E-state index in [1.54, 1.807) is 24.3 Å². The second-order valence-corrected chi connectivity index (χ2v) is 9.31. The highest BCUT2D eigenvalue weighted by Gasteiger charge is 2.50. The highest BCUT2D eigenvalue weighted by molar-refractivity contribution is 5.92. The lowest BCUT2D eigenvalue weighted by Crippen LogP contribution is -2.56. The molecule has 3 N–H and O–H groups in total. The number of likely N-dealkylation sites (N-methyl/N-ethyl adjacent to an activating group) is 1. The predicted molar refractivity (Wildman–Crippen MR) is 138 cm³/mol. The van der Waals surface area contributed by atoms with Gasteiger partial charge in [0.25, 0.3) is 0 Å². The number of carbonyl (C=O) groups excluding carboxylic acids is 2. The molecule has 2 aromatic rings. The van der Waals surface area contributed by atoms with Gasteiger partial charge in [0.1, 0.15) is 18.4 Å². The largest absolute Gasteiger partial charge is 0.481 e. The maximum Gasteiger partial charge on any atom is 0.407 e. The maximum atomic E-state index is 13.3. The summed E-state index contributed by atoms with van der Waals surface area (Å²) in [4.78, 5) is 54.7. The number of benzene rings is 2. The van der Waals surface area contributed by atoms with Crippen molar-refractivity contribution in [2.75, 3.05) is 7.05 Å². The first-order chi connectivity index (χ1) is 18.5. The van der Waals surface area contributed by atoms with Gasteiger partial charge in [0, 0.05) is 7.05 Å². The molecule has 1 unspecified atom stereocenters. The molecule has 0 spiro atoms. The first kappa shape index (κ1) is 29.0. The van der Waals surface area contributed by atoms with Crippen LogP contribution in [0.15, 0.2) is 59.8 Å². The number of ether oxygens (including phenoxy) is 2. The quantitative estimate of drug-likeness (QED) is 0.366. The van der Waals surface area contributed by atoms with Crippen LogP contribution in [0.25, 0.3) is 0 Å². The van der Waals surface area contributed by atoms with E-state index in [4.69, 9.17) is 19.4 Å². The summed E-state index contributed by atoms with van der Waals surface area (Å²) >= 11 is 0. The van der Waals surface area contributed by atoms with Gasteiger partial charge < -0.3 is 34.7 Å². The zero-order valence-electron chi connectivity index (χ0n) is 21.8. The number of nitrogens with one attached hydrogen (secondary N) is 1. The van der Waals surface area contributed by atoms with Crippen LogP contribution in [0.4, 0.5) is 4.79 Å². The smallest absolute Gasteiger partial charge is 0.407 e. The molecular formula is C27H31N3O9. The molecule has 39 heavy (non-hydrogen) atoms. The minimum absolute atomic E-state index is 0.0512. The Morgan fingerprint density at radius 3 is 2.41 bits per heavy atom. The van der Waals surface area contributed by atoms with Gasteiger partial charge in [-0.15, -0.1) is 0 Å². The van der Waals surface area contributed by atoms with Crippen LogP contribution in [0.1, 0.15) is 43.9 Å². The van der Waals surface area contributed by atoms with Crippen molar-refractivity contribution < 1.29 is 43.7 Å². The van der Waals surface area contributed by atoms with Gasteiger partial charge in [0.2, 0.25) is 0 Å². The molecular weight excluding hydrogens is 510 g/mol. The average molecular weight is 542 g/mol. The molecule has 1 heterocycles. The number of hydrogen-bond donors (Lipinski definition) is 3. The number of hydrogen-bond acceptors (Lipinski definition) is 8. The number of carbonyl (C=O) groups is 4. The van der Waals surface area contributed by atoms with Gasteiger partial charge in [-0.25, -0.2) is 9.59 Å². The maximum absolute atomic E-state index is 13.3. The number of oxime groups is 1. The molecule has 3 atom stereocenters. The molecule has 0 radical (unpaired) electrons. The summed E-state index contributed by atoms with van der Waals surface area (Å²) < 4.78 is 11.3. The minimum atomic E-state index is -2.03. The zero-order chi connectivity index (χ0) is 28.6. The third-order valence-corrected chi connectivity index (χ3v) is 6.05. The lowest BCUT2D eigenvalue weighted by atomic mass is 9.96. The van der Waals surface area contributed by atoms with E-state index in [1.807, 2.05) is 44.2 Å². The van der Waals surface area contributed by atoms with E-state index in [0.29, 0.717) is 5.56 Å². The van der Waals surface area contributed by atoms with Gasteiger partial charge in [0.05, 0.1) is 25.1 Å². The van der Waals surface area contributed by atoms with Crippen molar-refractivity contribution in [3.05, 3.63) is 65.7 Å². The van der Waals surface area contributed by atoms with Crippen LogP contribution in [0.3, 0.4) is 0 Å². The van der Waals surface area contributed by atoms with Crippen molar-refractivity contribution in [3.8, 4) is 5.75 Å². The van der Waals surface area contributed by atoms with Crippen LogP contribution < -0.4 is 10.1 Å². The van der Waals surface area contributed by atoms with Crippen LogP contribution in [0.5, 0.6) is 5.75 Å². The number of alkyl carbamates (subject to hydrolysis) is 1. The third kappa shape index (κ3) is 7.46. The molecule has 2 amide bonds. The Labute approximate surface area is 225 Å². The lowest BCUT2D eigenvalue weighted by molar-refractivity contribution is -0.198. The first-order valence-electron chi connectivity index (χ1n) is 12.2. The number of carboxylic acid groups (broad SMARTS) is 2. The van der Waals surface area contributed by atoms with Crippen molar-refractivity contribution >= 4 is 30.2 Å². The van der Waals surface area contributed by atoms with E-state index < -0.39 is 48.2 Å². The van der Waals surface area contributed by atoms with Crippen molar-refractivity contribution in [2.45, 2.75) is 51.2 Å². The molecule has 0 fully saturated rings. The van der Waals surface area contributed by atoms with Gasteiger partial charge >= 0.3 is 29.7 Å². The van der Waals surface area contributed by atoms with Gasteiger partial charge in [-0.2, -0.15) is 0 Å². The summed E-state index contributed by atoms with van der Waals surface area (Å²) in [5, 5.41) is 25.0. The van der Waals surface area contributed by atoms with Gasteiger partial charge in [-0.05, 0) is 29.2 Å². The van der Waals surface area contributed by atoms with Crippen molar-refractivity contribution in [1.82, 2.24) is 10.2 Å². The fourth-order valence-electron chi connectivity index (χ4n) is 4.00. The monoisotopic (exact) mass is 541 g/mol. The molecule has 3 rings (SSSR count). The molecule has 12 nitrogen and oxygen atoms in total. The molecule has 0 saturated carbocycles. The van der Waals surface area contributed by atoms with Crippen LogP contribution in [0.2, 0.25) is 0 Å². The summed E-state index contributed by atoms with van der Waals surface area (Å²) in [5.74, 6) is -5.69. The van der Waals surface area contributed by atoms with E-state index in [1.165, 1.54) is 6.21 Å². The van der Waals surface area contributed by atoms with Gasteiger partial charge in [0.15, 0.2) is 0 Å². The number of aliphatic carboxylic acids is 2. The van der Waals surface area contributed by atoms with E-state index in [-0.39, 0.29) is 24.7 Å². The van der Waals surface area contributed by atoms with Gasteiger partial charge in [-0.1, -0.05) is 61.5 Å². The van der Waals surface area contributed by atoms with Crippen LogP contribution in [0, 0.1) is 5.92 Å². The Bertz CT molecular complexity index is 1210. The Morgan fingerprint density at radius 2 is 1.82 bits per heavy atom. The molecule has 0 aromatic heterocycles. The summed E-state index contributed by atoms with van der Waals surface area (Å²) in [7, 11) is 1.16. The molecule has 208 valence electrons. The van der Waals surface area contributed by atoms with E-state index in [9.17, 15) is 24.3 Å². The molecule has 1 aliphatic rings. The second-order valence-electron chi connectivity index (χ2n) is 9.31. The molecule has 0 bridgehead atoms. The first-order valence-corrected chi connectivity index (χ1v) is 12.2. The molecule has 0 saturated heterocycles. The predicted octanol–water partition coefficient (Wildman–Crippen LogP) is 3.18. The molecule has 2 aromatic carbocycles. The molecule has 12 heteroatoms. The van der Waals surface area contributed by atoms with Crippen LogP contribution in [-0.4, -0.2) is 64.1 Å². The third-order valence-electron chi connectivity index (χ3n) is 6.05. The summed E-state index contributed by atoms with van der Waals surface area (Å²) in [5.41, 5.74) is 1.50. The average Bonchev–Trinajstić information content (AvgIpc) is 3.38. The fraction of sp³-hybridized carbons (Fsp3) is 0.370. The van der Waals surface area contributed by atoms with Crippen molar-refractivity contribution in [1.29, 1.82) is 0 Å². The summed E-state index contributed by atoms with van der Waals surface area (Å²) in [6.45, 7) is 3.94. The van der Waals surface area contributed by atoms with Crippen molar-refractivity contribution in [2.24, 2.45) is 11.1 Å². The van der Waals surface area contributed by atoms with Gasteiger partial charge in [-0.3, -0.25) is 9.59 Å². The number of amides is 2. The molecule has 0 aliphatic carbocycles. The number of rotatable bonds is 12. The number of nitrogens with zero attached hydrogens (tertiary/aromatic N) is 2. The highest BCUT2D eigenvalue weighted by atomic mass is 16.8. The topological polar surface area (TPSA) is 164 Å². The second kappa shape index (κ2) is 12.8. The van der Waals surface area contributed by atoms with Crippen LogP contribution >= 0.6 is 0 Å². The van der Waals surface area contributed by atoms with E-state index in [2.05, 4.69) is 10.5 Å². The summed E-state index contributed by atoms with van der Waals surface area (Å²) in [6, 6.07) is 13.8. The number of carboxylic acids is 2. The van der Waals surface area contributed by atoms with Crippen molar-refractivity contribution in [3.63, 3.8) is 0 Å².